The molecule has 1 atom stereocenters. The summed E-state index contributed by atoms with van der Waals surface area (Å²) in [6.45, 7) is 0.507. The Morgan fingerprint density at radius 1 is 1.30 bits per heavy atom. The highest BCUT2D eigenvalue weighted by atomic mass is 35.5. The molecule has 2 aliphatic rings. The number of benzene rings is 1. The molecule has 2 saturated heterocycles. The molecule has 23 heavy (non-hydrogen) atoms. The Labute approximate surface area is 144 Å². The van der Waals surface area contributed by atoms with Crippen molar-refractivity contribution >= 4 is 62.4 Å². The topological polar surface area (TPSA) is 53.5 Å². The number of hydrogen-bond acceptors (Lipinski definition) is 4. The monoisotopic (exact) mass is 373 g/mol. The molecule has 0 radical (unpaired) electrons. The third-order valence-electron chi connectivity index (χ3n) is 4.19. The average Bonchev–Trinajstić information content (AvgIpc) is 3.02. The van der Waals surface area contributed by atoms with Crippen LogP contribution in [0, 0.1) is 5.82 Å². The van der Waals surface area contributed by atoms with Gasteiger partial charge in [-0.3, -0.25) is 4.79 Å². The number of nitrogens with zero attached hydrogens (tertiary/aromatic N) is 3. The van der Waals surface area contributed by atoms with Crippen LogP contribution in [0.5, 0.6) is 0 Å². The quantitative estimate of drug-likeness (QED) is 0.708. The van der Waals surface area contributed by atoms with E-state index >= 15 is 0 Å². The second-order valence-electron chi connectivity index (χ2n) is 5.49. The Hall–Kier alpha value is -1.44. The van der Waals surface area contributed by atoms with E-state index in [1.165, 1.54) is 4.90 Å². The van der Waals surface area contributed by atoms with Crippen LogP contribution < -0.4 is 4.90 Å². The fourth-order valence-corrected chi connectivity index (χ4v) is 4.62. The van der Waals surface area contributed by atoms with Gasteiger partial charge in [0.05, 0.1) is 9.72 Å². The maximum atomic E-state index is 14.6. The van der Waals surface area contributed by atoms with Gasteiger partial charge in [-0.15, -0.1) is 11.3 Å². The lowest BCUT2D eigenvalue weighted by atomic mass is 10.0. The first kappa shape index (κ1) is 15.1. The van der Waals surface area contributed by atoms with Gasteiger partial charge < -0.3 is 4.90 Å². The van der Waals surface area contributed by atoms with Crippen LogP contribution in [0.4, 0.5) is 14.9 Å². The van der Waals surface area contributed by atoms with Gasteiger partial charge in [-0.1, -0.05) is 23.2 Å². The van der Waals surface area contributed by atoms with Crippen LogP contribution >= 0.6 is 34.5 Å². The minimum Gasteiger partial charge on any atom is -0.312 e. The van der Waals surface area contributed by atoms with Crippen LogP contribution in [0.15, 0.2) is 6.07 Å². The molecule has 0 saturated carbocycles. The average molecular weight is 374 g/mol. The Morgan fingerprint density at radius 3 is 2.83 bits per heavy atom. The number of aromatic nitrogens is 1. The second-order valence-corrected chi connectivity index (χ2v) is 7.48. The molecule has 0 spiro atoms. The zero-order valence-corrected chi connectivity index (χ0v) is 14.0. The number of halogens is 3. The summed E-state index contributed by atoms with van der Waals surface area (Å²) in [7, 11) is 0. The molecule has 3 heterocycles. The SMILES string of the molecule is O=C1C2CCCCN2C(=O)N1c1c(F)cc(Cl)c2nc(Cl)sc12. The van der Waals surface area contributed by atoms with Gasteiger partial charge in [-0.05, 0) is 25.3 Å². The van der Waals surface area contributed by atoms with Crippen molar-refractivity contribution in [2.45, 2.75) is 25.3 Å². The van der Waals surface area contributed by atoms with Crippen molar-refractivity contribution in [3.05, 3.63) is 21.4 Å². The third kappa shape index (κ3) is 2.14. The summed E-state index contributed by atoms with van der Waals surface area (Å²) in [5.74, 6) is -1.13. The molecule has 4 rings (SSSR count). The van der Waals surface area contributed by atoms with Gasteiger partial charge in [0.25, 0.3) is 5.91 Å². The van der Waals surface area contributed by atoms with E-state index in [4.69, 9.17) is 23.2 Å². The number of urea groups is 1. The number of imide groups is 1. The number of amides is 3. The molecule has 5 nitrogen and oxygen atoms in total. The molecule has 2 aliphatic heterocycles. The molecule has 0 N–H and O–H groups in total. The van der Waals surface area contributed by atoms with Crippen molar-refractivity contribution in [1.82, 2.24) is 9.88 Å². The summed E-state index contributed by atoms with van der Waals surface area (Å²) in [6, 6.07) is 0.0594. The summed E-state index contributed by atoms with van der Waals surface area (Å²) < 4.78 is 15.0. The summed E-state index contributed by atoms with van der Waals surface area (Å²) in [4.78, 5) is 31.7. The zero-order valence-electron chi connectivity index (χ0n) is 11.7. The highest BCUT2D eigenvalue weighted by molar-refractivity contribution is 7.22. The fraction of sp³-hybridized carbons (Fsp3) is 0.357. The van der Waals surface area contributed by atoms with Crippen molar-refractivity contribution in [2.75, 3.05) is 11.4 Å². The molecule has 9 heteroatoms. The molecule has 3 amide bonds. The molecule has 120 valence electrons. The molecular weight excluding hydrogens is 364 g/mol. The lowest BCUT2D eigenvalue weighted by molar-refractivity contribution is -0.120. The van der Waals surface area contributed by atoms with Crippen molar-refractivity contribution < 1.29 is 14.0 Å². The number of rotatable bonds is 1. The maximum absolute atomic E-state index is 14.6. The second kappa shape index (κ2) is 5.29. The number of anilines is 1. The number of carbonyl (C=O) groups is 2. The van der Waals surface area contributed by atoms with Crippen LogP contribution in [-0.4, -0.2) is 34.4 Å². The molecule has 2 fully saturated rings. The molecule has 2 aromatic rings. The molecule has 0 aliphatic carbocycles. The number of hydrogen-bond donors (Lipinski definition) is 0. The van der Waals surface area contributed by atoms with Gasteiger partial charge in [0.15, 0.2) is 10.3 Å². The van der Waals surface area contributed by atoms with Crippen molar-refractivity contribution in [2.24, 2.45) is 0 Å². The minimum atomic E-state index is -0.732. The van der Waals surface area contributed by atoms with E-state index in [9.17, 15) is 14.0 Å². The zero-order chi connectivity index (χ0) is 16.3. The van der Waals surface area contributed by atoms with E-state index in [2.05, 4.69) is 4.98 Å². The van der Waals surface area contributed by atoms with E-state index in [-0.39, 0.29) is 15.2 Å². The van der Waals surface area contributed by atoms with E-state index < -0.39 is 23.8 Å². The molecule has 1 aromatic carbocycles. The van der Waals surface area contributed by atoms with Crippen molar-refractivity contribution in [3.63, 3.8) is 0 Å². The van der Waals surface area contributed by atoms with Gasteiger partial charge in [-0.2, -0.15) is 0 Å². The Balaban J connectivity index is 1.92. The third-order valence-corrected chi connectivity index (χ3v) is 5.65. The van der Waals surface area contributed by atoms with Crippen LogP contribution in [0.25, 0.3) is 10.2 Å². The van der Waals surface area contributed by atoms with E-state index in [0.717, 1.165) is 35.1 Å². The van der Waals surface area contributed by atoms with Crippen LogP contribution in [0.3, 0.4) is 0 Å². The first-order valence-corrected chi connectivity index (χ1v) is 8.65. The molecule has 1 aromatic heterocycles. The Bertz CT molecular complexity index is 832. The summed E-state index contributed by atoms with van der Waals surface area (Å²) in [5, 5.41) is 0.0983. The van der Waals surface area contributed by atoms with E-state index in [1.54, 1.807) is 0 Å². The first-order chi connectivity index (χ1) is 11.0. The van der Waals surface area contributed by atoms with Gasteiger partial charge >= 0.3 is 6.03 Å². The highest BCUT2D eigenvalue weighted by Gasteiger charge is 2.48. The number of carbonyl (C=O) groups excluding carboxylic acids is 2. The predicted octanol–water partition coefficient (Wildman–Crippen LogP) is 4.06. The summed E-state index contributed by atoms with van der Waals surface area (Å²) in [5.41, 5.74) is 0.196. The normalized spacial score (nSPS) is 21.4. The van der Waals surface area contributed by atoms with E-state index in [0.29, 0.717) is 23.2 Å². The van der Waals surface area contributed by atoms with Gasteiger partial charge in [0, 0.05) is 6.54 Å². The smallest absolute Gasteiger partial charge is 0.312 e. The molecule has 1 unspecified atom stereocenters. The number of thiazole rings is 1. The number of fused-ring (bicyclic) bond motifs is 2. The molecule has 0 bridgehead atoms. The minimum absolute atomic E-state index is 0.0983. The van der Waals surface area contributed by atoms with Gasteiger partial charge in [0.1, 0.15) is 17.2 Å². The maximum Gasteiger partial charge on any atom is 0.332 e. The predicted molar refractivity (Wildman–Crippen MR) is 86.8 cm³/mol. The lowest BCUT2D eigenvalue weighted by Gasteiger charge is -2.25. The van der Waals surface area contributed by atoms with Crippen molar-refractivity contribution in [3.8, 4) is 0 Å². The van der Waals surface area contributed by atoms with Gasteiger partial charge in [0.2, 0.25) is 0 Å². The largest absolute Gasteiger partial charge is 0.332 e. The molecular formula is C14H10Cl2FN3O2S. The van der Waals surface area contributed by atoms with Crippen molar-refractivity contribution in [1.29, 1.82) is 0 Å². The van der Waals surface area contributed by atoms with Crippen LogP contribution in [-0.2, 0) is 4.79 Å². The first-order valence-electron chi connectivity index (χ1n) is 7.07. The summed E-state index contributed by atoms with van der Waals surface area (Å²) >= 11 is 12.9. The Kier molecular flexibility index (Phi) is 3.48. The lowest BCUT2D eigenvalue weighted by Crippen LogP contribution is -2.39. The number of piperidine rings is 1. The van der Waals surface area contributed by atoms with Crippen LogP contribution in [0.2, 0.25) is 9.49 Å². The standard InChI is InChI=1S/C14H10Cl2FN3O2S/c15-6-5-7(17)10(11-9(6)18-13(16)23-11)20-12(21)8-3-1-2-4-19(8)14(20)22/h5,8H,1-4H2. The Morgan fingerprint density at radius 2 is 2.09 bits per heavy atom. The van der Waals surface area contributed by atoms with E-state index in [1.807, 2.05) is 0 Å². The fourth-order valence-electron chi connectivity index (χ4n) is 3.18. The highest BCUT2D eigenvalue weighted by Crippen LogP contribution is 2.42. The van der Waals surface area contributed by atoms with Gasteiger partial charge in [-0.25, -0.2) is 19.1 Å². The van der Waals surface area contributed by atoms with Crippen LogP contribution in [0.1, 0.15) is 19.3 Å². The summed E-state index contributed by atoms with van der Waals surface area (Å²) in [6.07, 6.45) is 2.32.